The molecule has 7 aromatic rings. The van der Waals surface area contributed by atoms with Crippen LogP contribution in [-0.4, -0.2) is 9.13 Å². The van der Waals surface area contributed by atoms with Crippen molar-refractivity contribution in [1.82, 2.24) is 9.13 Å². The van der Waals surface area contributed by atoms with Crippen molar-refractivity contribution >= 4 is 71.1 Å². The zero-order valence-electron chi connectivity index (χ0n) is 31.7. The number of benzene rings is 5. The summed E-state index contributed by atoms with van der Waals surface area (Å²) in [5.41, 5.74) is 11.9. The molecule has 0 saturated carbocycles. The van der Waals surface area contributed by atoms with E-state index in [0.717, 1.165) is 37.9 Å². The quantitative estimate of drug-likeness (QED) is 0.167. The zero-order valence-corrected chi connectivity index (χ0v) is 34.1. The SMILES string of the molecule is CC(C)(C)c1ccc2c(c1)c1cc(C(C)(C)C)ccc1n2-c1cc(Br)cc(-n2c3ccc(C(C)(C)C)cc3c3cc(C(C)(C)C)ccc32)c1Cl. The molecular weight excluding hydrogens is 696 g/mol. The van der Waals surface area contributed by atoms with E-state index in [4.69, 9.17) is 11.6 Å². The summed E-state index contributed by atoms with van der Waals surface area (Å²) in [4.78, 5) is 0. The second-order valence-corrected chi connectivity index (χ2v) is 19.7. The molecule has 0 aliphatic heterocycles. The number of nitrogens with zero attached hydrogens (tertiary/aromatic N) is 2. The third kappa shape index (κ3) is 5.79. The van der Waals surface area contributed by atoms with Gasteiger partial charge in [-0.1, -0.05) is 135 Å². The lowest BCUT2D eigenvalue weighted by atomic mass is 9.85. The number of hydrogen-bond acceptors (Lipinski definition) is 0. The van der Waals surface area contributed by atoms with Crippen LogP contribution in [0.25, 0.3) is 55.0 Å². The molecule has 0 aliphatic rings. The van der Waals surface area contributed by atoms with Gasteiger partial charge in [0, 0.05) is 26.0 Å². The summed E-state index contributed by atoms with van der Waals surface area (Å²) in [6.45, 7) is 27.4. The van der Waals surface area contributed by atoms with Gasteiger partial charge in [0.05, 0.1) is 38.5 Å². The van der Waals surface area contributed by atoms with Crippen molar-refractivity contribution in [2.24, 2.45) is 0 Å². The van der Waals surface area contributed by atoms with Crippen molar-refractivity contribution in [3.8, 4) is 11.4 Å². The molecule has 4 heteroatoms. The van der Waals surface area contributed by atoms with Crippen LogP contribution in [-0.2, 0) is 21.7 Å². The summed E-state index contributed by atoms with van der Waals surface area (Å²) >= 11 is 11.7. The van der Waals surface area contributed by atoms with Gasteiger partial charge in [0.1, 0.15) is 0 Å². The molecule has 0 N–H and O–H groups in total. The van der Waals surface area contributed by atoms with E-state index in [0.29, 0.717) is 5.02 Å². The largest absolute Gasteiger partial charge is 0.308 e. The van der Waals surface area contributed by atoms with Gasteiger partial charge in [-0.2, -0.15) is 0 Å². The van der Waals surface area contributed by atoms with Crippen molar-refractivity contribution in [2.45, 2.75) is 105 Å². The van der Waals surface area contributed by atoms with Crippen molar-refractivity contribution in [3.05, 3.63) is 117 Å². The maximum atomic E-state index is 7.72. The molecule has 5 aromatic carbocycles. The summed E-state index contributed by atoms with van der Waals surface area (Å²) in [5, 5.41) is 5.70. The first-order valence-corrected chi connectivity index (χ1v) is 19.0. The van der Waals surface area contributed by atoms with E-state index in [1.165, 1.54) is 43.8 Å². The number of fused-ring (bicyclic) bond motifs is 6. The van der Waals surface area contributed by atoms with Crippen LogP contribution in [0.15, 0.2) is 89.4 Å². The van der Waals surface area contributed by atoms with Gasteiger partial charge < -0.3 is 9.13 Å². The Bertz CT molecular complexity index is 2170. The summed E-state index contributed by atoms with van der Waals surface area (Å²) in [6.07, 6.45) is 0. The molecule has 0 bridgehead atoms. The van der Waals surface area contributed by atoms with E-state index in [1.807, 2.05) is 0 Å². The first-order chi connectivity index (χ1) is 23.1. The Balaban J connectivity index is 1.57. The van der Waals surface area contributed by atoms with Gasteiger partial charge in [-0.3, -0.25) is 0 Å². The van der Waals surface area contributed by atoms with Crippen LogP contribution in [0.5, 0.6) is 0 Å². The Labute approximate surface area is 311 Å². The minimum Gasteiger partial charge on any atom is -0.308 e. The molecular formula is C46H50BrClN2. The molecule has 0 fully saturated rings. The molecule has 0 amide bonds. The Hall–Kier alpha value is -3.53. The molecule has 0 atom stereocenters. The highest BCUT2D eigenvalue weighted by Gasteiger charge is 2.25. The highest BCUT2D eigenvalue weighted by atomic mass is 79.9. The van der Waals surface area contributed by atoms with Gasteiger partial charge in [0.2, 0.25) is 0 Å². The molecule has 50 heavy (non-hydrogen) atoms. The van der Waals surface area contributed by atoms with Crippen molar-refractivity contribution in [1.29, 1.82) is 0 Å². The Morgan fingerprint density at radius 1 is 0.400 bits per heavy atom. The third-order valence-corrected chi connectivity index (χ3v) is 11.3. The Kier molecular flexibility index (Phi) is 8.02. The predicted octanol–water partition coefficient (Wildman–Crippen LogP) is 14.5. The molecule has 2 aromatic heterocycles. The molecule has 0 spiro atoms. The number of aromatic nitrogens is 2. The number of halogens is 2. The van der Waals surface area contributed by atoms with Gasteiger partial charge in [-0.25, -0.2) is 0 Å². The van der Waals surface area contributed by atoms with Crippen LogP contribution in [0, 0.1) is 0 Å². The molecule has 7 rings (SSSR count). The van der Waals surface area contributed by atoms with Crippen molar-refractivity contribution in [2.75, 3.05) is 0 Å². The molecule has 0 aliphatic carbocycles. The molecule has 0 unspecified atom stereocenters. The minimum absolute atomic E-state index is 0.0289. The van der Waals surface area contributed by atoms with Crippen LogP contribution >= 0.6 is 27.5 Å². The second kappa shape index (κ2) is 11.5. The van der Waals surface area contributed by atoms with Crippen LogP contribution < -0.4 is 0 Å². The average molecular weight is 746 g/mol. The van der Waals surface area contributed by atoms with Gasteiger partial charge in [-0.15, -0.1) is 0 Å². The predicted molar refractivity (Wildman–Crippen MR) is 223 cm³/mol. The highest BCUT2D eigenvalue weighted by molar-refractivity contribution is 9.10. The van der Waals surface area contributed by atoms with Crippen molar-refractivity contribution in [3.63, 3.8) is 0 Å². The van der Waals surface area contributed by atoms with Crippen molar-refractivity contribution < 1.29 is 0 Å². The van der Waals surface area contributed by atoms with E-state index < -0.39 is 0 Å². The molecule has 0 saturated heterocycles. The first-order valence-electron chi connectivity index (χ1n) is 17.8. The third-order valence-electron chi connectivity index (χ3n) is 10.5. The molecule has 258 valence electrons. The fourth-order valence-corrected chi connectivity index (χ4v) is 8.03. The van der Waals surface area contributed by atoms with Gasteiger partial charge >= 0.3 is 0 Å². The van der Waals surface area contributed by atoms with Gasteiger partial charge in [0.15, 0.2) is 0 Å². The summed E-state index contributed by atoms with van der Waals surface area (Å²) in [7, 11) is 0. The standard InChI is InChI=1S/C46H50BrClN2/c1-43(2,3)27-13-17-36-32(21-27)33-22-28(44(4,5)6)14-18-37(33)49(36)40-25-31(47)26-41(42(40)48)50-38-19-15-29(45(7,8)9)23-34(38)35-24-30(46(10,11)12)16-20-39(35)50/h13-26H,1-12H3. The Morgan fingerprint density at radius 3 is 0.860 bits per heavy atom. The van der Waals surface area contributed by atoms with E-state index in [-0.39, 0.29) is 21.7 Å². The number of hydrogen-bond donors (Lipinski definition) is 0. The molecule has 2 heterocycles. The van der Waals surface area contributed by atoms with E-state index >= 15 is 0 Å². The zero-order chi connectivity index (χ0) is 36.3. The Morgan fingerprint density at radius 2 is 0.640 bits per heavy atom. The number of rotatable bonds is 2. The van der Waals surface area contributed by atoms with E-state index in [2.05, 4.69) is 193 Å². The van der Waals surface area contributed by atoms with Crippen LogP contribution in [0.1, 0.15) is 105 Å². The van der Waals surface area contributed by atoms with Gasteiger partial charge in [-0.05, 0) is 105 Å². The first kappa shape index (κ1) is 34.9. The fraction of sp³-hybridized carbons (Fsp3) is 0.348. The van der Waals surface area contributed by atoms with Crippen LogP contribution in [0.4, 0.5) is 0 Å². The van der Waals surface area contributed by atoms with Crippen LogP contribution in [0.2, 0.25) is 5.02 Å². The summed E-state index contributed by atoms with van der Waals surface area (Å²) in [5.74, 6) is 0. The summed E-state index contributed by atoms with van der Waals surface area (Å²) < 4.78 is 5.71. The highest BCUT2D eigenvalue weighted by Crippen LogP contribution is 2.44. The van der Waals surface area contributed by atoms with E-state index in [1.54, 1.807) is 0 Å². The average Bonchev–Trinajstić information content (AvgIpc) is 3.51. The lowest BCUT2D eigenvalue weighted by Crippen LogP contribution is -2.10. The maximum Gasteiger partial charge on any atom is 0.0887 e. The van der Waals surface area contributed by atoms with Gasteiger partial charge in [0.25, 0.3) is 0 Å². The monoisotopic (exact) mass is 744 g/mol. The fourth-order valence-electron chi connectivity index (χ4n) is 7.32. The molecule has 2 nitrogen and oxygen atoms in total. The topological polar surface area (TPSA) is 9.86 Å². The smallest absolute Gasteiger partial charge is 0.0887 e. The normalized spacial score (nSPS) is 13.4. The lowest BCUT2D eigenvalue weighted by Gasteiger charge is -2.20. The van der Waals surface area contributed by atoms with E-state index in [9.17, 15) is 0 Å². The minimum atomic E-state index is 0.0289. The molecule has 0 radical (unpaired) electrons. The van der Waals surface area contributed by atoms with Crippen LogP contribution in [0.3, 0.4) is 0 Å². The summed E-state index contributed by atoms with van der Waals surface area (Å²) in [6, 6.07) is 32.1. The maximum absolute atomic E-state index is 7.72. The lowest BCUT2D eigenvalue weighted by molar-refractivity contribution is 0.590. The second-order valence-electron chi connectivity index (χ2n) is 18.4.